The Labute approximate surface area is 163 Å². The lowest BCUT2D eigenvalue weighted by Crippen LogP contribution is -2.30. The summed E-state index contributed by atoms with van der Waals surface area (Å²) in [6.45, 7) is 5.15. The highest BCUT2D eigenvalue weighted by atomic mass is 32.1. The number of likely N-dealkylation sites (tertiary alicyclic amines) is 1. The molecule has 2 atom stereocenters. The van der Waals surface area contributed by atoms with Gasteiger partial charge in [-0.1, -0.05) is 38.1 Å². The molecule has 2 fully saturated rings. The summed E-state index contributed by atoms with van der Waals surface area (Å²) in [7, 11) is 0. The van der Waals surface area contributed by atoms with E-state index in [-0.39, 0.29) is 11.8 Å². The predicted octanol–water partition coefficient (Wildman–Crippen LogP) is 4.12. The van der Waals surface area contributed by atoms with E-state index in [4.69, 9.17) is 0 Å². The van der Waals surface area contributed by atoms with Gasteiger partial charge in [-0.05, 0) is 36.2 Å². The molecule has 2 aromatic rings. The highest BCUT2D eigenvalue weighted by Crippen LogP contribution is 2.44. The van der Waals surface area contributed by atoms with Gasteiger partial charge < -0.3 is 10.0 Å². The summed E-state index contributed by atoms with van der Waals surface area (Å²) in [5, 5.41) is 12.1. The molecule has 6 heteroatoms. The molecule has 4 rings (SSSR count). The highest BCUT2D eigenvalue weighted by molar-refractivity contribution is 7.13. The maximum absolute atomic E-state index is 12.9. The molecule has 1 aromatic heterocycles. The molecule has 1 aromatic carbocycles. The molecule has 1 saturated carbocycles. The van der Waals surface area contributed by atoms with E-state index in [1.807, 2.05) is 12.1 Å². The third-order valence-electron chi connectivity index (χ3n) is 5.74. The number of aliphatic carboxylic acids is 1. The monoisotopic (exact) mass is 384 g/mol. The Balaban J connectivity index is 1.49. The van der Waals surface area contributed by atoms with Gasteiger partial charge in [0, 0.05) is 24.0 Å². The first-order valence-corrected chi connectivity index (χ1v) is 10.4. The maximum atomic E-state index is 12.9. The molecule has 0 unspecified atom stereocenters. The van der Waals surface area contributed by atoms with Crippen LogP contribution in [0.4, 0.5) is 0 Å². The zero-order valence-corrected chi connectivity index (χ0v) is 16.4. The quantitative estimate of drug-likeness (QED) is 0.842. The molecule has 1 aliphatic carbocycles. The summed E-state index contributed by atoms with van der Waals surface area (Å²) in [6.07, 6.45) is 2.17. The molecule has 142 valence electrons. The third-order valence-corrected chi connectivity index (χ3v) is 6.64. The van der Waals surface area contributed by atoms with E-state index in [0.29, 0.717) is 30.6 Å². The predicted molar refractivity (Wildman–Crippen MR) is 105 cm³/mol. The fourth-order valence-corrected chi connectivity index (χ4v) is 4.74. The number of carboxylic acid groups (broad SMARTS) is 1. The molecular formula is C21H24N2O3S. The summed E-state index contributed by atoms with van der Waals surface area (Å²) < 4.78 is 0. The van der Waals surface area contributed by atoms with Crippen molar-refractivity contribution >= 4 is 23.2 Å². The van der Waals surface area contributed by atoms with Gasteiger partial charge in [0.15, 0.2) is 0 Å². The Bertz CT molecular complexity index is 855. The van der Waals surface area contributed by atoms with Gasteiger partial charge >= 0.3 is 5.97 Å². The second-order valence-electron chi connectivity index (χ2n) is 7.97. The molecule has 2 aliphatic rings. The topological polar surface area (TPSA) is 70.5 Å². The van der Waals surface area contributed by atoms with Gasteiger partial charge in [-0.15, -0.1) is 11.3 Å². The van der Waals surface area contributed by atoms with Crippen molar-refractivity contribution in [2.45, 2.75) is 32.6 Å². The van der Waals surface area contributed by atoms with Crippen molar-refractivity contribution < 1.29 is 14.7 Å². The van der Waals surface area contributed by atoms with Gasteiger partial charge in [0.1, 0.15) is 10.7 Å². The number of aromatic nitrogens is 1. The van der Waals surface area contributed by atoms with E-state index in [1.54, 1.807) is 10.3 Å². The zero-order chi connectivity index (χ0) is 19.1. The fraction of sp³-hybridized carbons (Fsp3) is 0.476. The van der Waals surface area contributed by atoms with E-state index in [9.17, 15) is 14.7 Å². The van der Waals surface area contributed by atoms with Crippen LogP contribution in [0, 0.1) is 17.8 Å². The Morgan fingerprint density at radius 2 is 1.89 bits per heavy atom. The lowest BCUT2D eigenvalue weighted by Gasteiger charge is -2.14. The molecule has 5 nitrogen and oxygen atoms in total. The molecule has 1 amide bonds. The van der Waals surface area contributed by atoms with Gasteiger partial charge in [-0.3, -0.25) is 9.59 Å². The SMILES string of the molecule is CC(C)c1ccc(-c2nc(C(=O)N3C[C@H](C(=O)O)[C@@H](C4CC4)C3)cs2)cc1. The van der Waals surface area contributed by atoms with Crippen LogP contribution in [0.3, 0.4) is 0 Å². The van der Waals surface area contributed by atoms with Crippen molar-refractivity contribution in [1.82, 2.24) is 9.88 Å². The number of nitrogens with zero attached hydrogens (tertiary/aromatic N) is 2. The summed E-state index contributed by atoms with van der Waals surface area (Å²) in [4.78, 5) is 30.6. The van der Waals surface area contributed by atoms with Crippen molar-refractivity contribution in [3.8, 4) is 10.6 Å². The lowest BCUT2D eigenvalue weighted by molar-refractivity contribution is -0.142. The highest BCUT2D eigenvalue weighted by Gasteiger charge is 2.47. The Morgan fingerprint density at radius 1 is 1.19 bits per heavy atom. The lowest BCUT2D eigenvalue weighted by atomic mass is 9.92. The van der Waals surface area contributed by atoms with Crippen molar-refractivity contribution in [2.24, 2.45) is 17.8 Å². The third kappa shape index (κ3) is 3.63. The number of amides is 1. The molecule has 0 radical (unpaired) electrons. The van der Waals surface area contributed by atoms with E-state index >= 15 is 0 Å². The smallest absolute Gasteiger partial charge is 0.308 e. The van der Waals surface area contributed by atoms with Crippen LogP contribution in [0.5, 0.6) is 0 Å². The first-order chi connectivity index (χ1) is 12.9. The van der Waals surface area contributed by atoms with Crippen molar-refractivity contribution in [1.29, 1.82) is 0 Å². The second kappa shape index (κ2) is 7.08. The van der Waals surface area contributed by atoms with E-state index in [0.717, 1.165) is 23.4 Å². The minimum absolute atomic E-state index is 0.0909. The normalized spacial score (nSPS) is 22.4. The summed E-state index contributed by atoms with van der Waals surface area (Å²) in [5.41, 5.74) is 2.70. The Morgan fingerprint density at radius 3 is 2.48 bits per heavy atom. The van der Waals surface area contributed by atoms with E-state index in [2.05, 4.69) is 31.0 Å². The standard InChI is InChI=1S/C21H24N2O3S/c1-12(2)13-3-7-15(8-4-13)19-22-18(11-27-19)20(24)23-9-16(14-5-6-14)17(10-23)21(25)26/h3-4,7-8,11-12,14,16-17H,5-6,9-10H2,1-2H3,(H,25,26)/t16-,17+/m1/s1. The summed E-state index contributed by atoms with van der Waals surface area (Å²) in [5.74, 6) is -0.341. The van der Waals surface area contributed by atoms with Crippen molar-refractivity contribution in [3.05, 3.63) is 40.9 Å². The van der Waals surface area contributed by atoms with Crippen LogP contribution in [0.15, 0.2) is 29.6 Å². The van der Waals surface area contributed by atoms with Gasteiger partial charge in [-0.2, -0.15) is 0 Å². The number of carboxylic acids is 1. The fourth-order valence-electron chi connectivity index (χ4n) is 3.94. The largest absolute Gasteiger partial charge is 0.481 e. The number of hydrogen-bond acceptors (Lipinski definition) is 4. The molecule has 1 saturated heterocycles. The molecular weight excluding hydrogens is 360 g/mol. The average molecular weight is 385 g/mol. The number of thiazole rings is 1. The van der Waals surface area contributed by atoms with Gasteiger partial charge in [-0.25, -0.2) is 4.98 Å². The number of carbonyl (C=O) groups is 2. The Hall–Kier alpha value is -2.21. The summed E-state index contributed by atoms with van der Waals surface area (Å²) >= 11 is 1.46. The zero-order valence-electron chi connectivity index (χ0n) is 15.6. The maximum Gasteiger partial charge on any atom is 0.308 e. The van der Waals surface area contributed by atoms with Crippen LogP contribution in [-0.4, -0.2) is 40.0 Å². The van der Waals surface area contributed by atoms with Crippen LogP contribution in [0.2, 0.25) is 0 Å². The number of carbonyl (C=O) groups excluding carboxylic acids is 1. The molecule has 0 bridgehead atoms. The van der Waals surface area contributed by atoms with Crippen LogP contribution in [0.25, 0.3) is 10.6 Å². The van der Waals surface area contributed by atoms with E-state index in [1.165, 1.54) is 16.9 Å². The van der Waals surface area contributed by atoms with Crippen molar-refractivity contribution in [3.63, 3.8) is 0 Å². The van der Waals surface area contributed by atoms with Crippen LogP contribution >= 0.6 is 11.3 Å². The number of rotatable bonds is 5. The van der Waals surface area contributed by atoms with Crippen LogP contribution < -0.4 is 0 Å². The Kier molecular flexibility index (Phi) is 4.76. The van der Waals surface area contributed by atoms with E-state index < -0.39 is 11.9 Å². The molecule has 27 heavy (non-hydrogen) atoms. The van der Waals surface area contributed by atoms with Crippen LogP contribution in [0.1, 0.15) is 48.7 Å². The average Bonchev–Trinajstić information content (AvgIpc) is 3.21. The molecule has 0 spiro atoms. The van der Waals surface area contributed by atoms with Gasteiger partial charge in [0.05, 0.1) is 5.92 Å². The van der Waals surface area contributed by atoms with Gasteiger partial charge in [0.25, 0.3) is 5.91 Å². The number of benzene rings is 1. The minimum Gasteiger partial charge on any atom is -0.481 e. The first kappa shape index (κ1) is 18.2. The molecule has 2 heterocycles. The minimum atomic E-state index is -0.786. The second-order valence-corrected chi connectivity index (χ2v) is 8.83. The van der Waals surface area contributed by atoms with Crippen LogP contribution in [-0.2, 0) is 4.79 Å². The number of hydrogen-bond donors (Lipinski definition) is 1. The van der Waals surface area contributed by atoms with Crippen molar-refractivity contribution in [2.75, 3.05) is 13.1 Å². The first-order valence-electron chi connectivity index (χ1n) is 9.52. The summed E-state index contributed by atoms with van der Waals surface area (Å²) in [6, 6.07) is 8.28. The van der Waals surface area contributed by atoms with Gasteiger partial charge in [0.2, 0.25) is 0 Å². The molecule has 1 aliphatic heterocycles. The molecule has 1 N–H and O–H groups in total.